The Kier molecular flexibility index (Phi) is 3.34. The summed E-state index contributed by atoms with van der Waals surface area (Å²) in [5, 5.41) is 7.45. The van der Waals surface area contributed by atoms with Crippen molar-refractivity contribution < 1.29 is 9.53 Å². The highest BCUT2D eigenvalue weighted by Crippen LogP contribution is 2.38. The molecule has 1 amide bonds. The van der Waals surface area contributed by atoms with E-state index in [9.17, 15) is 4.79 Å². The summed E-state index contributed by atoms with van der Waals surface area (Å²) in [5.74, 6) is 0.562. The number of amides is 1. The van der Waals surface area contributed by atoms with Gasteiger partial charge in [0.25, 0.3) is 5.91 Å². The Hall–Kier alpha value is -3.08. The van der Waals surface area contributed by atoms with Crippen molar-refractivity contribution in [1.29, 1.82) is 0 Å². The molecule has 2 heterocycles. The zero-order chi connectivity index (χ0) is 16.7. The van der Waals surface area contributed by atoms with Gasteiger partial charge in [-0.3, -0.25) is 9.48 Å². The quantitative estimate of drug-likeness (QED) is 0.787. The summed E-state index contributed by atoms with van der Waals surface area (Å²) >= 11 is 0. The van der Waals surface area contributed by atoms with Crippen LogP contribution < -0.4 is 10.1 Å². The minimum absolute atomic E-state index is 0.0630. The molecule has 5 heteroatoms. The number of hydrogen-bond acceptors (Lipinski definition) is 3. The number of rotatable bonds is 2. The minimum atomic E-state index is -0.133. The summed E-state index contributed by atoms with van der Waals surface area (Å²) in [5.41, 5.74) is 5.87. The number of fused-ring (bicyclic) bond motifs is 1. The highest BCUT2D eigenvalue weighted by Gasteiger charge is 2.20. The van der Waals surface area contributed by atoms with E-state index in [0.717, 1.165) is 28.1 Å². The van der Waals surface area contributed by atoms with Gasteiger partial charge in [-0.15, -0.1) is 0 Å². The molecule has 2 aromatic carbocycles. The molecule has 1 N–H and O–H groups in total. The van der Waals surface area contributed by atoms with Crippen LogP contribution in [0.4, 0.5) is 5.69 Å². The fourth-order valence-corrected chi connectivity index (χ4v) is 3.17. The van der Waals surface area contributed by atoms with E-state index in [1.807, 2.05) is 55.1 Å². The molecular formula is C19H17N3O2. The van der Waals surface area contributed by atoms with Crippen LogP contribution in [0.2, 0.25) is 0 Å². The molecule has 0 saturated carbocycles. The molecule has 0 spiro atoms. The van der Waals surface area contributed by atoms with Crippen LogP contribution in [-0.2, 0) is 11.8 Å². The molecule has 1 aliphatic rings. The fourth-order valence-electron chi connectivity index (χ4n) is 3.17. The summed E-state index contributed by atoms with van der Waals surface area (Å²) in [4.78, 5) is 11.6. The Balaban J connectivity index is 1.89. The number of carbonyl (C=O) groups excluding carboxylic acids is 1. The van der Waals surface area contributed by atoms with E-state index in [-0.39, 0.29) is 12.5 Å². The number of nitrogens with zero attached hydrogens (tertiary/aromatic N) is 2. The molecule has 0 saturated heterocycles. The summed E-state index contributed by atoms with van der Waals surface area (Å²) in [6, 6.07) is 16.0. The summed E-state index contributed by atoms with van der Waals surface area (Å²) in [6.45, 7) is 2.06. The number of anilines is 1. The van der Waals surface area contributed by atoms with E-state index < -0.39 is 0 Å². The third kappa shape index (κ3) is 2.34. The van der Waals surface area contributed by atoms with Crippen molar-refractivity contribution in [2.75, 3.05) is 11.9 Å². The normalized spacial score (nSPS) is 13.2. The predicted octanol–water partition coefficient (Wildman–Crippen LogP) is 3.39. The first-order chi connectivity index (χ1) is 11.6. The Morgan fingerprint density at radius 1 is 1.12 bits per heavy atom. The first kappa shape index (κ1) is 14.5. The summed E-state index contributed by atoms with van der Waals surface area (Å²) < 4.78 is 7.34. The Labute approximate surface area is 139 Å². The second kappa shape index (κ2) is 5.53. The third-order valence-electron chi connectivity index (χ3n) is 4.17. The van der Waals surface area contributed by atoms with E-state index in [1.165, 1.54) is 0 Å². The van der Waals surface area contributed by atoms with Gasteiger partial charge in [0.2, 0.25) is 0 Å². The van der Waals surface area contributed by atoms with Crippen molar-refractivity contribution >= 4 is 11.6 Å². The standard InChI is InChI=1S/C19H17N3O2/c1-12-18(19(22(2)21-12)13-6-4-3-5-7-13)14-8-9-16-15(10-14)20-17(23)11-24-16/h3-10H,11H2,1-2H3,(H,20,23). The molecule has 0 bridgehead atoms. The Bertz CT molecular complexity index is 929. The van der Waals surface area contributed by atoms with Gasteiger partial charge in [-0.05, 0) is 24.6 Å². The third-order valence-corrected chi connectivity index (χ3v) is 4.17. The van der Waals surface area contributed by atoms with Crippen LogP contribution >= 0.6 is 0 Å². The largest absolute Gasteiger partial charge is 0.482 e. The number of ether oxygens (including phenoxy) is 1. The highest BCUT2D eigenvalue weighted by atomic mass is 16.5. The molecule has 0 unspecified atom stereocenters. The number of aryl methyl sites for hydroxylation is 2. The van der Waals surface area contributed by atoms with Crippen LogP contribution in [0, 0.1) is 6.92 Å². The lowest BCUT2D eigenvalue weighted by molar-refractivity contribution is -0.118. The van der Waals surface area contributed by atoms with Crippen LogP contribution in [0.25, 0.3) is 22.4 Å². The van der Waals surface area contributed by atoms with Crippen molar-refractivity contribution in [3.63, 3.8) is 0 Å². The van der Waals surface area contributed by atoms with E-state index >= 15 is 0 Å². The van der Waals surface area contributed by atoms with Gasteiger partial charge in [0, 0.05) is 18.2 Å². The molecule has 24 heavy (non-hydrogen) atoms. The van der Waals surface area contributed by atoms with Crippen molar-refractivity contribution in [1.82, 2.24) is 9.78 Å². The van der Waals surface area contributed by atoms with Crippen molar-refractivity contribution in [3.05, 3.63) is 54.2 Å². The molecule has 5 nitrogen and oxygen atoms in total. The minimum Gasteiger partial charge on any atom is -0.482 e. The molecular weight excluding hydrogens is 302 g/mol. The van der Waals surface area contributed by atoms with E-state index in [0.29, 0.717) is 11.4 Å². The van der Waals surface area contributed by atoms with Crippen LogP contribution in [0.1, 0.15) is 5.69 Å². The average molecular weight is 319 g/mol. The molecule has 0 radical (unpaired) electrons. The topological polar surface area (TPSA) is 56.2 Å². The van der Waals surface area contributed by atoms with Crippen molar-refractivity contribution in [3.8, 4) is 28.1 Å². The number of hydrogen-bond donors (Lipinski definition) is 1. The molecule has 0 fully saturated rings. The van der Waals surface area contributed by atoms with Gasteiger partial charge in [-0.25, -0.2) is 0 Å². The van der Waals surface area contributed by atoms with Gasteiger partial charge in [0.05, 0.1) is 17.1 Å². The van der Waals surface area contributed by atoms with Gasteiger partial charge in [-0.2, -0.15) is 5.10 Å². The van der Waals surface area contributed by atoms with Gasteiger partial charge in [0.1, 0.15) is 5.75 Å². The van der Waals surface area contributed by atoms with Gasteiger partial charge in [0.15, 0.2) is 6.61 Å². The SMILES string of the molecule is Cc1nn(C)c(-c2ccccc2)c1-c1ccc2c(c1)NC(=O)CO2. The van der Waals surface area contributed by atoms with Gasteiger partial charge < -0.3 is 10.1 Å². The Morgan fingerprint density at radius 2 is 1.92 bits per heavy atom. The monoisotopic (exact) mass is 319 g/mol. The second-order valence-corrected chi connectivity index (χ2v) is 5.85. The maximum atomic E-state index is 11.6. The van der Waals surface area contributed by atoms with Gasteiger partial charge >= 0.3 is 0 Å². The molecule has 1 aromatic heterocycles. The predicted molar refractivity (Wildman–Crippen MR) is 92.9 cm³/mol. The van der Waals surface area contributed by atoms with Gasteiger partial charge in [-0.1, -0.05) is 36.4 Å². The van der Waals surface area contributed by atoms with Crippen LogP contribution in [0.5, 0.6) is 5.75 Å². The zero-order valence-corrected chi connectivity index (χ0v) is 13.5. The molecule has 0 aliphatic carbocycles. The van der Waals surface area contributed by atoms with Crippen LogP contribution in [0.3, 0.4) is 0 Å². The molecule has 1 aliphatic heterocycles. The number of nitrogens with one attached hydrogen (secondary N) is 1. The van der Waals surface area contributed by atoms with E-state index in [2.05, 4.69) is 22.5 Å². The number of benzene rings is 2. The first-order valence-corrected chi connectivity index (χ1v) is 7.79. The Morgan fingerprint density at radius 3 is 2.71 bits per heavy atom. The molecule has 3 aromatic rings. The first-order valence-electron chi connectivity index (χ1n) is 7.79. The number of carbonyl (C=O) groups is 1. The molecule has 0 atom stereocenters. The van der Waals surface area contributed by atoms with E-state index in [4.69, 9.17) is 4.74 Å². The summed E-state index contributed by atoms with van der Waals surface area (Å²) in [7, 11) is 1.95. The highest BCUT2D eigenvalue weighted by molar-refractivity contribution is 5.97. The van der Waals surface area contributed by atoms with Crippen molar-refractivity contribution in [2.45, 2.75) is 6.92 Å². The lowest BCUT2D eigenvalue weighted by Gasteiger charge is -2.18. The number of aromatic nitrogens is 2. The second-order valence-electron chi connectivity index (χ2n) is 5.85. The molecule has 4 rings (SSSR count). The maximum Gasteiger partial charge on any atom is 0.262 e. The fraction of sp³-hybridized carbons (Fsp3) is 0.158. The zero-order valence-electron chi connectivity index (χ0n) is 13.5. The smallest absolute Gasteiger partial charge is 0.262 e. The maximum absolute atomic E-state index is 11.6. The van der Waals surface area contributed by atoms with Crippen molar-refractivity contribution in [2.24, 2.45) is 7.05 Å². The van der Waals surface area contributed by atoms with Crippen LogP contribution in [0.15, 0.2) is 48.5 Å². The lowest BCUT2D eigenvalue weighted by Crippen LogP contribution is -2.25. The van der Waals surface area contributed by atoms with E-state index in [1.54, 1.807) is 0 Å². The lowest BCUT2D eigenvalue weighted by atomic mass is 9.98. The average Bonchev–Trinajstić information content (AvgIpc) is 2.89. The summed E-state index contributed by atoms with van der Waals surface area (Å²) in [6.07, 6.45) is 0. The molecule has 120 valence electrons. The van der Waals surface area contributed by atoms with Crippen LogP contribution in [-0.4, -0.2) is 22.3 Å².